The van der Waals surface area contributed by atoms with Crippen LogP contribution in [0.5, 0.6) is 0 Å². The van der Waals surface area contributed by atoms with Crippen molar-refractivity contribution in [3.8, 4) is 0 Å². The highest BCUT2D eigenvalue weighted by Crippen LogP contribution is 2.29. The molecule has 0 aliphatic heterocycles. The monoisotopic (exact) mass is 198 g/mol. The SMILES string of the molecule is COC1(OC(C)=O)C=CC=CC1CO. The van der Waals surface area contributed by atoms with Crippen LogP contribution in [0, 0.1) is 5.92 Å². The molecule has 0 radical (unpaired) electrons. The van der Waals surface area contributed by atoms with Gasteiger partial charge in [0.25, 0.3) is 0 Å². The third kappa shape index (κ3) is 2.02. The van der Waals surface area contributed by atoms with E-state index in [1.54, 1.807) is 24.3 Å². The maximum Gasteiger partial charge on any atom is 0.305 e. The summed E-state index contributed by atoms with van der Waals surface area (Å²) in [5, 5.41) is 9.11. The molecule has 0 aromatic carbocycles. The van der Waals surface area contributed by atoms with Gasteiger partial charge in [0.2, 0.25) is 5.79 Å². The van der Waals surface area contributed by atoms with Crippen LogP contribution < -0.4 is 0 Å². The Kier molecular flexibility index (Phi) is 3.43. The number of hydrogen-bond acceptors (Lipinski definition) is 4. The summed E-state index contributed by atoms with van der Waals surface area (Å²) < 4.78 is 10.2. The van der Waals surface area contributed by atoms with Gasteiger partial charge in [0.05, 0.1) is 12.5 Å². The van der Waals surface area contributed by atoms with Gasteiger partial charge in [-0.15, -0.1) is 0 Å². The molecule has 1 N–H and O–H groups in total. The minimum Gasteiger partial charge on any atom is -0.429 e. The summed E-state index contributed by atoms with van der Waals surface area (Å²) in [6.07, 6.45) is 6.86. The molecule has 14 heavy (non-hydrogen) atoms. The molecule has 0 fully saturated rings. The van der Waals surface area contributed by atoms with Gasteiger partial charge in [-0.2, -0.15) is 0 Å². The molecule has 4 heteroatoms. The molecule has 0 saturated carbocycles. The molecule has 78 valence electrons. The second-order valence-corrected chi connectivity index (χ2v) is 3.05. The van der Waals surface area contributed by atoms with Crippen LogP contribution >= 0.6 is 0 Å². The van der Waals surface area contributed by atoms with E-state index in [1.807, 2.05) is 0 Å². The first-order chi connectivity index (χ1) is 6.64. The zero-order chi connectivity index (χ0) is 10.6. The van der Waals surface area contributed by atoms with Crippen molar-refractivity contribution in [2.45, 2.75) is 12.7 Å². The minimum atomic E-state index is -1.16. The van der Waals surface area contributed by atoms with Crippen molar-refractivity contribution in [1.82, 2.24) is 0 Å². The van der Waals surface area contributed by atoms with Gasteiger partial charge in [-0.05, 0) is 6.08 Å². The number of aliphatic hydroxyl groups excluding tert-OH is 1. The fraction of sp³-hybridized carbons (Fsp3) is 0.500. The van der Waals surface area contributed by atoms with Crippen molar-refractivity contribution < 1.29 is 19.4 Å². The maximum absolute atomic E-state index is 10.9. The van der Waals surface area contributed by atoms with Gasteiger partial charge < -0.3 is 14.6 Å². The van der Waals surface area contributed by atoms with Gasteiger partial charge in [0.15, 0.2) is 0 Å². The van der Waals surface area contributed by atoms with Crippen LogP contribution in [-0.2, 0) is 14.3 Å². The number of carbonyl (C=O) groups is 1. The van der Waals surface area contributed by atoms with Crippen molar-refractivity contribution in [2.24, 2.45) is 5.92 Å². The van der Waals surface area contributed by atoms with Crippen molar-refractivity contribution in [1.29, 1.82) is 0 Å². The van der Waals surface area contributed by atoms with Gasteiger partial charge >= 0.3 is 5.97 Å². The van der Waals surface area contributed by atoms with E-state index in [2.05, 4.69) is 0 Å². The Morgan fingerprint density at radius 1 is 1.57 bits per heavy atom. The number of ether oxygens (including phenoxy) is 2. The zero-order valence-corrected chi connectivity index (χ0v) is 8.27. The summed E-state index contributed by atoms with van der Waals surface area (Å²) in [5.41, 5.74) is 0. The molecule has 0 amide bonds. The average molecular weight is 198 g/mol. The van der Waals surface area contributed by atoms with E-state index in [9.17, 15) is 4.79 Å². The first-order valence-corrected chi connectivity index (χ1v) is 4.36. The molecule has 2 atom stereocenters. The van der Waals surface area contributed by atoms with Gasteiger partial charge in [-0.25, -0.2) is 0 Å². The molecule has 0 heterocycles. The van der Waals surface area contributed by atoms with Crippen LogP contribution in [0.15, 0.2) is 24.3 Å². The van der Waals surface area contributed by atoms with E-state index in [0.29, 0.717) is 0 Å². The van der Waals surface area contributed by atoms with Crippen molar-refractivity contribution >= 4 is 5.97 Å². The molecule has 0 aromatic rings. The van der Waals surface area contributed by atoms with E-state index in [-0.39, 0.29) is 12.5 Å². The number of methoxy groups -OCH3 is 1. The lowest BCUT2D eigenvalue weighted by Crippen LogP contribution is -2.44. The van der Waals surface area contributed by atoms with Crippen LogP contribution in [0.1, 0.15) is 6.92 Å². The van der Waals surface area contributed by atoms with E-state index >= 15 is 0 Å². The maximum atomic E-state index is 10.9. The van der Waals surface area contributed by atoms with Gasteiger partial charge in [-0.1, -0.05) is 18.2 Å². The Morgan fingerprint density at radius 3 is 2.79 bits per heavy atom. The van der Waals surface area contributed by atoms with Crippen molar-refractivity contribution in [3.05, 3.63) is 24.3 Å². The molecule has 1 aliphatic carbocycles. The second kappa shape index (κ2) is 4.39. The van der Waals surface area contributed by atoms with Gasteiger partial charge in [0, 0.05) is 14.0 Å². The normalized spacial score (nSPS) is 30.4. The number of carbonyl (C=O) groups excluding carboxylic acids is 1. The summed E-state index contributed by atoms with van der Waals surface area (Å²) >= 11 is 0. The molecular formula is C10H14O4. The van der Waals surface area contributed by atoms with Crippen molar-refractivity contribution in [2.75, 3.05) is 13.7 Å². The summed E-state index contributed by atoms with van der Waals surface area (Å²) in [6, 6.07) is 0. The van der Waals surface area contributed by atoms with E-state index < -0.39 is 11.8 Å². The molecule has 1 rings (SSSR count). The Hall–Kier alpha value is -1.13. The lowest BCUT2D eigenvalue weighted by Gasteiger charge is -2.34. The second-order valence-electron chi connectivity index (χ2n) is 3.05. The number of allylic oxidation sites excluding steroid dienone is 2. The molecule has 0 saturated heterocycles. The highest BCUT2D eigenvalue weighted by Gasteiger charge is 2.39. The highest BCUT2D eigenvalue weighted by molar-refractivity contribution is 5.66. The Morgan fingerprint density at radius 2 is 2.29 bits per heavy atom. The van der Waals surface area contributed by atoms with Crippen LogP contribution in [-0.4, -0.2) is 30.6 Å². The number of hydrogen-bond donors (Lipinski definition) is 1. The zero-order valence-electron chi connectivity index (χ0n) is 8.27. The van der Waals surface area contributed by atoms with Gasteiger partial charge in [-0.3, -0.25) is 4.79 Å². The Labute approximate surface area is 82.8 Å². The molecule has 0 aromatic heterocycles. The third-order valence-corrected chi connectivity index (χ3v) is 2.12. The van der Waals surface area contributed by atoms with Crippen molar-refractivity contribution in [3.63, 3.8) is 0 Å². The smallest absolute Gasteiger partial charge is 0.305 e. The molecule has 1 aliphatic rings. The Balaban J connectivity index is 2.89. The molecule has 0 spiro atoms. The van der Waals surface area contributed by atoms with Gasteiger partial charge in [0.1, 0.15) is 0 Å². The van der Waals surface area contributed by atoms with E-state index in [1.165, 1.54) is 14.0 Å². The fourth-order valence-corrected chi connectivity index (χ4v) is 1.43. The van der Waals surface area contributed by atoms with Crippen LogP contribution in [0.25, 0.3) is 0 Å². The average Bonchev–Trinajstić information content (AvgIpc) is 2.17. The summed E-state index contributed by atoms with van der Waals surface area (Å²) in [6.45, 7) is 1.17. The summed E-state index contributed by atoms with van der Waals surface area (Å²) in [4.78, 5) is 10.9. The Bertz CT molecular complexity index is 269. The standard InChI is InChI=1S/C10H14O4/c1-8(12)14-10(13-2)6-4-3-5-9(10)7-11/h3-6,9,11H,7H2,1-2H3. The predicted molar refractivity (Wildman–Crippen MR) is 50.4 cm³/mol. The largest absolute Gasteiger partial charge is 0.429 e. The highest BCUT2D eigenvalue weighted by atomic mass is 16.7. The topological polar surface area (TPSA) is 55.8 Å². The first-order valence-electron chi connectivity index (χ1n) is 4.36. The van der Waals surface area contributed by atoms with Crippen LogP contribution in [0.3, 0.4) is 0 Å². The number of rotatable bonds is 3. The summed E-state index contributed by atoms with van der Waals surface area (Å²) in [7, 11) is 1.44. The molecular weight excluding hydrogens is 184 g/mol. The third-order valence-electron chi connectivity index (χ3n) is 2.12. The summed E-state index contributed by atoms with van der Waals surface area (Å²) in [5.74, 6) is -1.96. The van der Waals surface area contributed by atoms with Crippen LogP contribution in [0.2, 0.25) is 0 Å². The molecule has 4 nitrogen and oxygen atoms in total. The quantitative estimate of drug-likeness (QED) is 0.533. The first kappa shape index (κ1) is 10.9. The fourth-order valence-electron chi connectivity index (χ4n) is 1.43. The predicted octanol–water partition coefficient (Wildman–Crippen LogP) is 0.627. The molecule has 2 unspecified atom stereocenters. The van der Waals surface area contributed by atoms with Crippen LogP contribution in [0.4, 0.5) is 0 Å². The van der Waals surface area contributed by atoms with E-state index in [0.717, 1.165) is 0 Å². The number of esters is 1. The minimum absolute atomic E-state index is 0.137. The lowest BCUT2D eigenvalue weighted by atomic mass is 9.94. The molecule has 0 bridgehead atoms. The number of aliphatic hydroxyl groups is 1. The van der Waals surface area contributed by atoms with E-state index in [4.69, 9.17) is 14.6 Å². The lowest BCUT2D eigenvalue weighted by molar-refractivity contribution is -0.216.